The lowest BCUT2D eigenvalue weighted by Gasteiger charge is -2.12. The lowest BCUT2D eigenvalue weighted by Crippen LogP contribution is -1.98. The number of rotatable bonds is 11. The Morgan fingerprint density at radius 2 is 1.26 bits per heavy atom. The summed E-state index contributed by atoms with van der Waals surface area (Å²) < 4.78 is 26.6. The van der Waals surface area contributed by atoms with E-state index >= 15 is 0 Å². The fourth-order valence-electron chi connectivity index (χ4n) is 3.38. The summed E-state index contributed by atoms with van der Waals surface area (Å²) in [4.78, 5) is 12.5. The van der Waals surface area contributed by atoms with Crippen LogP contribution >= 0.6 is 0 Å². The number of hydrogen-bond acceptors (Lipinski definition) is 7. The molecule has 1 N–H and O–H groups in total. The average molecular weight is 476 g/mol. The molecule has 0 fully saturated rings. The van der Waals surface area contributed by atoms with Crippen LogP contribution in [0.5, 0.6) is 28.7 Å². The zero-order chi connectivity index (χ0) is 25.2. The number of allylic oxidation sites excluding steroid dienone is 1. The summed E-state index contributed by atoms with van der Waals surface area (Å²) in [5.74, 6) is 2.69. The smallest absolute Gasteiger partial charge is 0.203 e. The minimum absolute atomic E-state index is 0.150. The van der Waals surface area contributed by atoms with E-state index in [9.17, 15) is 4.79 Å². The molecule has 3 aromatic carbocycles. The van der Waals surface area contributed by atoms with Crippen molar-refractivity contribution < 1.29 is 28.5 Å². The van der Waals surface area contributed by atoms with E-state index in [0.29, 0.717) is 34.3 Å². The van der Waals surface area contributed by atoms with Crippen LogP contribution in [-0.4, -0.2) is 41.3 Å². The molecule has 0 aliphatic heterocycles. The van der Waals surface area contributed by atoms with E-state index < -0.39 is 0 Å². The first-order valence-electron chi connectivity index (χ1n) is 10.8. The van der Waals surface area contributed by atoms with Crippen molar-refractivity contribution in [2.24, 2.45) is 0 Å². The minimum atomic E-state index is -0.150. The van der Waals surface area contributed by atoms with Gasteiger partial charge in [0.15, 0.2) is 28.8 Å². The highest BCUT2D eigenvalue weighted by atomic mass is 16.5. The maximum Gasteiger partial charge on any atom is 0.203 e. The lowest BCUT2D eigenvalue weighted by molar-refractivity contribution is 0.104. The highest BCUT2D eigenvalue weighted by Gasteiger charge is 2.12. The number of carbonyl (C=O) groups is 1. The van der Waals surface area contributed by atoms with Crippen LogP contribution in [0, 0.1) is 0 Å². The quantitative estimate of drug-likeness (QED) is 0.216. The molecular weight excluding hydrogens is 446 g/mol. The monoisotopic (exact) mass is 475 g/mol. The molecule has 0 unspecified atom stereocenters. The second-order valence-corrected chi connectivity index (χ2v) is 7.33. The molecule has 7 heteroatoms. The normalized spacial score (nSPS) is 10.9. The second kappa shape index (κ2) is 12.2. The van der Waals surface area contributed by atoms with Crippen LogP contribution in [0.1, 0.15) is 21.5 Å². The first kappa shape index (κ1) is 25.2. The van der Waals surface area contributed by atoms with E-state index in [1.807, 2.05) is 48.6 Å². The molecular formula is C28H29NO6. The fraction of sp³-hybridized carbons (Fsp3) is 0.179. The van der Waals surface area contributed by atoms with Gasteiger partial charge in [-0.15, -0.1) is 0 Å². The summed E-state index contributed by atoms with van der Waals surface area (Å²) in [6.45, 7) is 0. The standard InChI is InChI=1S/C28H29NO6/c1-31-24-13-10-21(18-25(24)32-2)23(30)14-15-29-22-11-8-19(9-12-22)6-7-20-16-26(33-3)28(35-5)27(17-20)34-4/h6-18,29H,1-5H3/b7-6-,15-14-. The highest BCUT2D eigenvalue weighted by molar-refractivity contribution is 6.05. The maximum absolute atomic E-state index is 12.5. The molecule has 0 aliphatic rings. The van der Waals surface area contributed by atoms with Gasteiger partial charge >= 0.3 is 0 Å². The molecule has 0 saturated carbocycles. The van der Waals surface area contributed by atoms with Crippen molar-refractivity contribution in [3.63, 3.8) is 0 Å². The molecule has 182 valence electrons. The molecule has 35 heavy (non-hydrogen) atoms. The summed E-state index contributed by atoms with van der Waals surface area (Å²) in [5.41, 5.74) is 3.28. The summed E-state index contributed by atoms with van der Waals surface area (Å²) in [7, 11) is 7.84. The minimum Gasteiger partial charge on any atom is -0.493 e. The number of anilines is 1. The molecule has 0 aliphatic carbocycles. The van der Waals surface area contributed by atoms with Crippen LogP contribution in [0.2, 0.25) is 0 Å². The van der Waals surface area contributed by atoms with Gasteiger partial charge in [-0.25, -0.2) is 0 Å². The SMILES string of the molecule is COc1ccc(C(=O)/C=C\Nc2ccc(/C=C\c3cc(OC)c(OC)c(OC)c3)cc2)cc1OC. The van der Waals surface area contributed by atoms with E-state index in [1.54, 1.807) is 52.8 Å². The Balaban J connectivity index is 1.64. The Hall–Kier alpha value is -4.39. The van der Waals surface area contributed by atoms with Gasteiger partial charge in [-0.2, -0.15) is 0 Å². The van der Waals surface area contributed by atoms with Gasteiger partial charge in [-0.1, -0.05) is 24.3 Å². The zero-order valence-corrected chi connectivity index (χ0v) is 20.5. The van der Waals surface area contributed by atoms with Gasteiger partial charge in [0.2, 0.25) is 5.75 Å². The van der Waals surface area contributed by atoms with Gasteiger partial charge in [-0.05, 0) is 53.6 Å². The molecule has 0 radical (unpaired) electrons. The van der Waals surface area contributed by atoms with Crippen molar-refractivity contribution in [1.29, 1.82) is 0 Å². The fourth-order valence-corrected chi connectivity index (χ4v) is 3.38. The number of hydrogen-bond donors (Lipinski definition) is 1. The molecule has 0 saturated heterocycles. The summed E-state index contributed by atoms with van der Waals surface area (Å²) >= 11 is 0. The van der Waals surface area contributed by atoms with Crippen molar-refractivity contribution in [2.75, 3.05) is 40.9 Å². The van der Waals surface area contributed by atoms with Crippen LogP contribution < -0.4 is 29.0 Å². The van der Waals surface area contributed by atoms with E-state index in [0.717, 1.165) is 16.8 Å². The largest absolute Gasteiger partial charge is 0.493 e. The Morgan fingerprint density at radius 3 is 1.83 bits per heavy atom. The Morgan fingerprint density at radius 1 is 0.657 bits per heavy atom. The van der Waals surface area contributed by atoms with Crippen LogP contribution in [0.15, 0.2) is 66.9 Å². The van der Waals surface area contributed by atoms with Gasteiger partial charge in [-0.3, -0.25) is 4.79 Å². The van der Waals surface area contributed by atoms with E-state index in [1.165, 1.54) is 13.2 Å². The van der Waals surface area contributed by atoms with Crippen LogP contribution in [0.3, 0.4) is 0 Å². The third kappa shape index (κ3) is 6.35. The van der Waals surface area contributed by atoms with E-state index in [2.05, 4.69) is 5.32 Å². The molecule has 3 aromatic rings. The molecule has 7 nitrogen and oxygen atoms in total. The predicted octanol–water partition coefficient (Wildman–Crippen LogP) is 5.71. The van der Waals surface area contributed by atoms with Crippen molar-refractivity contribution in [1.82, 2.24) is 0 Å². The first-order chi connectivity index (χ1) is 17.0. The molecule has 0 atom stereocenters. The first-order valence-corrected chi connectivity index (χ1v) is 10.8. The maximum atomic E-state index is 12.5. The van der Waals surface area contributed by atoms with Gasteiger partial charge in [0.25, 0.3) is 0 Å². The third-order valence-electron chi connectivity index (χ3n) is 5.22. The van der Waals surface area contributed by atoms with Crippen LogP contribution in [0.25, 0.3) is 12.2 Å². The molecule has 0 amide bonds. The van der Waals surface area contributed by atoms with E-state index in [-0.39, 0.29) is 5.78 Å². The molecule has 0 aromatic heterocycles. The van der Waals surface area contributed by atoms with Crippen LogP contribution in [0.4, 0.5) is 5.69 Å². The number of carbonyl (C=O) groups excluding carboxylic acids is 1. The Kier molecular flexibility index (Phi) is 8.78. The van der Waals surface area contributed by atoms with Crippen molar-refractivity contribution in [3.05, 3.63) is 83.6 Å². The van der Waals surface area contributed by atoms with Gasteiger partial charge in [0.1, 0.15) is 0 Å². The topological polar surface area (TPSA) is 75.3 Å². The number of nitrogens with one attached hydrogen (secondary N) is 1. The predicted molar refractivity (Wildman–Crippen MR) is 138 cm³/mol. The van der Waals surface area contributed by atoms with Gasteiger partial charge < -0.3 is 29.0 Å². The number of ketones is 1. The summed E-state index contributed by atoms with van der Waals surface area (Å²) in [6.07, 6.45) is 7.04. The number of methoxy groups -OCH3 is 5. The lowest BCUT2D eigenvalue weighted by atomic mass is 10.1. The molecule has 0 heterocycles. The molecule has 0 bridgehead atoms. The number of ether oxygens (including phenoxy) is 5. The zero-order valence-electron chi connectivity index (χ0n) is 20.5. The molecule has 3 rings (SSSR count). The Bertz CT molecular complexity index is 1190. The van der Waals surface area contributed by atoms with Crippen molar-refractivity contribution >= 4 is 23.6 Å². The van der Waals surface area contributed by atoms with Gasteiger partial charge in [0, 0.05) is 23.5 Å². The van der Waals surface area contributed by atoms with Gasteiger partial charge in [0.05, 0.1) is 35.5 Å². The average Bonchev–Trinajstić information content (AvgIpc) is 2.91. The second-order valence-electron chi connectivity index (χ2n) is 7.33. The van der Waals surface area contributed by atoms with Crippen molar-refractivity contribution in [2.45, 2.75) is 0 Å². The summed E-state index contributed by atoms with van der Waals surface area (Å²) in [5, 5.41) is 3.11. The van der Waals surface area contributed by atoms with Crippen LogP contribution in [-0.2, 0) is 0 Å². The highest BCUT2D eigenvalue weighted by Crippen LogP contribution is 2.38. The third-order valence-corrected chi connectivity index (χ3v) is 5.22. The molecule has 0 spiro atoms. The van der Waals surface area contributed by atoms with E-state index in [4.69, 9.17) is 23.7 Å². The van der Waals surface area contributed by atoms with Crippen molar-refractivity contribution in [3.8, 4) is 28.7 Å². The summed E-state index contributed by atoms with van der Waals surface area (Å²) in [6, 6.07) is 16.6. The Labute approximate surface area is 205 Å². The number of benzene rings is 3.